The number of carbonyl (C=O) groups excluding carboxylic acids is 1. The molecular formula is C131H164N2O. The van der Waals surface area contributed by atoms with Crippen molar-refractivity contribution in [1.29, 1.82) is 0 Å². The Balaban J connectivity index is 0.000000133. The molecule has 0 radical (unpaired) electrons. The summed E-state index contributed by atoms with van der Waals surface area (Å²) < 4.78 is 0. The number of hydrogen-bond donors (Lipinski definition) is 0. The molecule has 24 rings (SSSR count). The molecule has 4 atom stereocenters. The summed E-state index contributed by atoms with van der Waals surface area (Å²) in [5.74, 6) is 3.74. The summed E-state index contributed by atoms with van der Waals surface area (Å²) >= 11 is 0. The molecule has 1 heterocycles. The summed E-state index contributed by atoms with van der Waals surface area (Å²) in [6.07, 6.45) is 61.7. The van der Waals surface area contributed by atoms with Gasteiger partial charge in [0, 0.05) is 43.5 Å². The zero-order valence-corrected chi connectivity index (χ0v) is 86.8. The van der Waals surface area contributed by atoms with Crippen LogP contribution in [0.3, 0.4) is 0 Å². The first-order valence-electron chi connectivity index (χ1n) is 50.9. The predicted molar refractivity (Wildman–Crippen MR) is 581 cm³/mol. The molecule has 0 amide bonds. The molecule has 9 aromatic carbocycles. The molecule has 1 aliphatic heterocycles. The average molecular weight is 1780 g/mol. The van der Waals surface area contributed by atoms with Crippen molar-refractivity contribution in [2.75, 3.05) is 0 Å². The quantitative estimate of drug-likeness (QED) is 0.126. The van der Waals surface area contributed by atoms with E-state index in [9.17, 15) is 4.79 Å². The van der Waals surface area contributed by atoms with Crippen molar-refractivity contribution in [2.45, 2.75) is 291 Å². The Labute approximate surface area is 812 Å². The van der Waals surface area contributed by atoms with Gasteiger partial charge >= 0.3 is 0 Å². The third-order valence-corrected chi connectivity index (χ3v) is 30.7. The van der Waals surface area contributed by atoms with Crippen LogP contribution in [0.25, 0.3) is 40.5 Å². The van der Waals surface area contributed by atoms with Crippen molar-refractivity contribution in [3.63, 3.8) is 0 Å². The van der Waals surface area contributed by atoms with Crippen LogP contribution in [-0.4, -0.2) is 5.78 Å². The predicted octanol–water partition coefficient (Wildman–Crippen LogP) is 35.8. The highest BCUT2D eigenvalue weighted by atomic mass is 16.1. The molecule has 4 unspecified atom stereocenters. The number of fused-ring (bicyclic) bond motifs is 12. The molecule has 9 aromatic rings. The van der Waals surface area contributed by atoms with E-state index in [4.69, 9.17) is 0 Å². The van der Waals surface area contributed by atoms with Crippen LogP contribution in [0.5, 0.6) is 0 Å². The number of hydrogen-bond acceptors (Lipinski definition) is 3. The van der Waals surface area contributed by atoms with Crippen molar-refractivity contribution in [2.24, 2.45) is 77.2 Å². The van der Waals surface area contributed by atoms with Gasteiger partial charge in [0.15, 0.2) is 5.78 Å². The average Bonchev–Trinajstić information content (AvgIpc) is 1.54. The minimum absolute atomic E-state index is 0.0582. The molecule has 0 spiro atoms. The van der Waals surface area contributed by atoms with E-state index < -0.39 is 0 Å². The topological polar surface area (TPSA) is 41.8 Å². The van der Waals surface area contributed by atoms with Gasteiger partial charge in [-0.2, -0.15) is 10.2 Å². The lowest BCUT2D eigenvalue weighted by molar-refractivity contribution is -0.110. The van der Waals surface area contributed by atoms with Gasteiger partial charge in [-0.25, -0.2) is 0 Å². The molecule has 15 aliphatic rings. The van der Waals surface area contributed by atoms with E-state index in [1.807, 2.05) is 30.4 Å². The van der Waals surface area contributed by atoms with Gasteiger partial charge in [-0.05, 0) is 230 Å². The summed E-state index contributed by atoms with van der Waals surface area (Å²) in [7, 11) is 0. The van der Waals surface area contributed by atoms with Crippen molar-refractivity contribution in [3.05, 3.63) is 393 Å². The molecular weight excluding hydrogens is 1620 g/mol. The zero-order chi connectivity index (χ0) is 96.6. The first-order chi connectivity index (χ1) is 63.3. The number of benzene rings is 9. The standard InChI is InChI=1S/C19H18.C16H16.C15H14.2C11H12.C10H16.C9H10N2.C9H14.C9H18.C8H10O.C7H14.C7H10/c1-19(2)17(15-9-5-3-6-10-15)13-14-18(19)16-11-7-4-8-12-16;1-16(2)14-9-5-3-7-12(14)11-13-8-4-6-10-15(13)16;1-15(2)13-9-5-3-7-11(13)12-8-4-6-10-14(12)15;1-11(2)7-9-5-3-4-6-10(9)8-11;1-11(2)8-7-9-5-3-4-6-10(9)11;1-10(2)7-8-3-5-9(10)6-4-8;1-9(2)7-5-3-4-6-8(7)10-11-9;1-9(2)6-7-3-4-8(9)5-7;1-9(2)7-5-3-4-6-8-9;1-8(2)5-3-7(9)4-6-8;2*1-7(2)5-3-4-6-7/h3-14H,1-2H3;3-10H,11H2,1-2H3;3-10H,1-2H3;2*3-8H,1-2H3;3,5,8-9H,4,6-7H2,1-2H3;3-6H,1-2H3;3-4,7-8H,5-6H2,1-2H3;3-8H2,1-2H3;3-6H,1-2H3;3-6H2,1-2H3;3-6H,1-2H3. The molecule has 3 heteroatoms. The van der Waals surface area contributed by atoms with Gasteiger partial charge < -0.3 is 0 Å². The maximum absolute atomic E-state index is 10.6. The van der Waals surface area contributed by atoms with E-state index in [-0.39, 0.29) is 43.8 Å². The van der Waals surface area contributed by atoms with Crippen LogP contribution in [0.2, 0.25) is 0 Å². The molecule has 0 N–H and O–H groups in total. The molecule has 704 valence electrons. The third kappa shape index (κ3) is 27.1. The Morgan fingerprint density at radius 2 is 0.716 bits per heavy atom. The lowest BCUT2D eigenvalue weighted by atomic mass is 9.61. The van der Waals surface area contributed by atoms with Crippen molar-refractivity contribution >= 4 is 40.8 Å². The maximum Gasteiger partial charge on any atom is 0.178 e. The van der Waals surface area contributed by atoms with Crippen molar-refractivity contribution in [3.8, 4) is 11.1 Å². The number of azo groups is 1. The Morgan fingerprint density at radius 3 is 1.10 bits per heavy atom. The van der Waals surface area contributed by atoms with Gasteiger partial charge in [0.25, 0.3) is 0 Å². The molecule has 4 bridgehead atoms. The second-order valence-corrected chi connectivity index (χ2v) is 47.6. The lowest BCUT2D eigenvalue weighted by Crippen LogP contribution is -2.33. The monoisotopic (exact) mass is 1780 g/mol. The van der Waals surface area contributed by atoms with Crippen molar-refractivity contribution < 1.29 is 4.79 Å². The van der Waals surface area contributed by atoms with Gasteiger partial charge in [0.05, 0.1) is 5.69 Å². The summed E-state index contributed by atoms with van der Waals surface area (Å²) in [5.41, 5.74) is 25.8. The second kappa shape index (κ2) is 43.3. The molecule has 134 heavy (non-hydrogen) atoms. The van der Waals surface area contributed by atoms with Crippen LogP contribution >= 0.6 is 0 Å². The Morgan fingerprint density at radius 1 is 0.321 bits per heavy atom. The van der Waals surface area contributed by atoms with Gasteiger partial charge in [0.2, 0.25) is 0 Å². The van der Waals surface area contributed by atoms with Gasteiger partial charge in [-0.15, -0.1) is 0 Å². The summed E-state index contributed by atoms with van der Waals surface area (Å²) in [4.78, 5) is 10.6. The molecule has 3 nitrogen and oxygen atoms in total. The first-order valence-corrected chi connectivity index (χ1v) is 50.9. The SMILES string of the molecule is CC1(C)C(c2ccccc2)=CC=C1c1ccccc1.CC1(C)C=CC(=O)C=C1.CC1(C)C=CC=C1.CC1(C)C=Cc2ccccc21.CC1(C)C=c2ccccc2=C1.CC1(C)CC2C=CC1C2.CC1(C)CC2C=CC1CC2.CC1(C)CCCC1.CC1(C)CCCCCC1.CC1(C)N=Nc2ccccc21.CC1(C)c2ccccc2-c2ccccc21.CC1(C)c2ccccc2Cc2ccccc21. The smallest absolute Gasteiger partial charge is 0.178 e. The van der Waals surface area contributed by atoms with Crippen LogP contribution in [0.4, 0.5) is 5.69 Å². The van der Waals surface area contributed by atoms with E-state index in [0.717, 1.165) is 35.8 Å². The minimum atomic E-state index is -0.114. The first kappa shape index (κ1) is 103. The summed E-state index contributed by atoms with van der Waals surface area (Å²) in [6.45, 7) is 54.6. The van der Waals surface area contributed by atoms with E-state index in [2.05, 4.69) is 474 Å². The lowest BCUT2D eigenvalue weighted by Gasteiger charge is -2.44. The van der Waals surface area contributed by atoms with Crippen LogP contribution in [0.1, 0.15) is 324 Å². The van der Waals surface area contributed by atoms with Crippen LogP contribution in [0, 0.1) is 67.0 Å². The van der Waals surface area contributed by atoms with E-state index in [0.29, 0.717) is 27.1 Å². The zero-order valence-electron chi connectivity index (χ0n) is 86.8. The Bertz CT molecular complexity index is 5620. The Hall–Kier alpha value is -10.4. The molecule has 4 fully saturated rings. The fourth-order valence-corrected chi connectivity index (χ4v) is 22.3. The van der Waals surface area contributed by atoms with Crippen LogP contribution in [-0.2, 0) is 33.0 Å². The van der Waals surface area contributed by atoms with Gasteiger partial charge in [-0.1, -0.05) is 513 Å². The minimum Gasteiger partial charge on any atom is -0.290 e. The third-order valence-electron chi connectivity index (χ3n) is 30.7. The highest BCUT2D eigenvalue weighted by Gasteiger charge is 2.42. The van der Waals surface area contributed by atoms with E-state index in [1.165, 1.54) is 190 Å². The second-order valence-electron chi connectivity index (χ2n) is 47.6. The van der Waals surface area contributed by atoms with E-state index in [1.54, 1.807) is 12.2 Å². The van der Waals surface area contributed by atoms with Crippen molar-refractivity contribution in [1.82, 2.24) is 0 Å². The van der Waals surface area contributed by atoms with Gasteiger partial charge in [0.1, 0.15) is 5.54 Å². The Kier molecular flexibility index (Phi) is 33.2. The fraction of sp³-hybridized carbons (Fsp3) is 0.427. The number of carbonyl (C=O) groups is 1. The number of ketones is 1. The fourth-order valence-electron chi connectivity index (χ4n) is 22.3. The molecule has 0 aromatic heterocycles. The summed E-state index contributed by atoms with van der Waals surface area (Å²) in [5, 5.41) is 11.0. The van der Waals surface area contributed by atoms with E-state index >= 15 is 0 Å². The molecule has 14 aliphatic carbocycles. The number of allylic oxidation sites excluding steroid dienone is 17. The summed E-state index contributed by atoms with van der Waals surface area (Å²) in [6, 6.07) is 81.5. The normalized spacial score (nSPS) is 22.9. The number of nitrogens with zero attached hydrogens (tertiary/aromatic N) is 2. The number of rotatable bonds is 2. The maximum atomic E-state index is 10.6. The van der Waals surface area contributed by atoms with Crippen LogP contribution in [0.15, 0.2) is 332 Å². The van der Waals surface area contributed by atoms with Crippen LogP contribution < -0.4 is 10.4 Å². The van der Waals surface area contributed by atoms with Gasteiger partial charge in [-0.3, -0.25) is 4.79 Å². The highest BCUT2D eigenvalue weighted by molar-refractivity contribution is 6.00. The largest absolute Gasteiger partial charge is 0.290 e. The molecule has 0 saturated heterocycles. The highest BCUT2D eigenvalue weighted by Crippen LogP contribution is 2.54. The molecule has 4 saturated carbocycles.